The summed E-state index contributed by atoms with van der Waals surface area (Å²) in [6.07, 6.45) is 0. The Morgan fingerprint density at radius 2 is 1.88 bits per heavy atom. The lowest BCUT2D eigenvalue weighted by atomic mass is 10.1. The van der Waals surface area contributed by atoms with E-state index in [1.54, 1.807) is 37.4 Å². The summed E-state index contributed by atoms with van der Waals surface area (Å²) in [5.41, 5.74) is 2.20. The molecule has 0 unspecified atom stereocenters. The zero-order valence-corrected chi connectivity index (χ0v) is 14.8. The van der Waals surface area contributed by atoms with E-state index < -0.39 is 0 Å². The van der Waals surface area contributed by atoms with Crippen LogP contribution in [0.2, 0.25) is 0 Å². The number of methoxy groups -OCH3 is 1. The van der Waals surface area contributed by atoms with Gasteiger partial charge < -0.3 is 14.8 Å². The van der Waals surface area contributed by atoms with Crippen molar-refractivity contribution in [1.29, 1.82) is 0 Å². The molecule has 5 heteroatoms. The summed E-state index contributed by atoms with van der Waals surface area (Å²) in [7, 11) is 1.59. The zero-order chi connectivity index (χ0) is 18.2. The van der Waals surface area contributed by atoms with Gasteiger partial charge >= 0.3 is 0 Å². The number of amides is 1. The monoisotopic (exact) mass is 345 g/mol. The van der Waals surface area contributed by atoms with Crippen molar-refractivity contribution < 1.29 is 18.7 Å². The van der Waals surface area contributed by atoms with Crippen LogP contribution in [0.25, 0.3) is 0 Å². The standard InChI is InChI=1S/C20H24FNO3/c1-14(2)12-25-13-17-10-16(6-9-19(17)24-3)20(23)22-11-15-4-7-18(21)8-5-15/h4-10,14H,11-13H2,1-3H3,(H,22,23). The molecule has 0 aliphatic rings. The van der Waals surface area contributed by atoms with E-state index in [0.29, 0.717) is 37.0 Å². The molecule has 4 nitrogen and oxygen atoms in total. The first-order valence-electron chi connectivity index (χ1n) is 8.27. The van der Waals surface area contributed by atoms with E-state index >= 15 is 0 Å². The van der Waals surface area contributed by atoms with Crippen molar-refractivity contribution >= 4 is 5.91 Å². The van der Waals surface area contributed by atoms with Gasteiger partial charge in [-0.3, -0.25) is 4.79 Å². The number of benzene rings is 2. The average Bonchev–Trinajstić information content (AvgIpc) is 2.60. The molecule has 25 heavy (non-hydrogen) atoms. The summed E-state index contributed by atoms with van der Waals surface area (Å²) in [6, 6.07) is 11.3. The van der Waals surface area contributed by atoms with Crippen molar-refractivity contribution in [3.05, 3.63) is 65.0 Å². The van der Waals surface area contributed by atoms with E-state index in [1.807, 2.05) is 0 Å². The Kier molecular flexibility index (Phi) is 6.95. The van der Waals surface area contributed by atoms with Crippen LogP contribution in [0.4, 0.5) is 4.39 Å². The maximum Gasteiger partial charge on any atom is 0.251 e. The highest BCUT2D eigenvalue weighted by Gasteiger charge is 2.11. The maximum absolute atomic E-state index is 12.9. The molecule has 0 aliphatic carbocycles. The quantitative estimate of drug-likeness (QED) is 0.788. The van der Waals surface area contributed by atoms with Crippen molar-refractivity contribution in [1.82, 2.24) is 5.32 Å². The fourth-order valence-corrected chi connectivity index (χ4v) is 2.32. The molecule has 0 aliphatic heterocycles. The Bertz CT molecular complexity index is 699. The summed E-state index contributed by atoms with van der Waals surface area (Å²) >= 11 is 0. The third-order valence-electron chi connectivity index (χ3n) is 3.62. The number of rotatable bonds is 8. The highest BCUT2D eigenvalue weighted by Crippen LogP contribution is 2.21. The smallest absolute Gasteiger partial charge is 0.251 e. The third kappa shape index (κ3) is 5.87. The van der Waals surface area contributed by atoms with Crippen molar-refractivity contribution in [3.63, 3.8) is 0 Å². The highest BCUT2D eigenvalue weighted by atomic mass is 19.1. The Morgan fingerprint density at radius 1 is 1.16 bits per heavy atom. The summed E-state index contributed by atoms with van der Waals surface area (Å²) in [6.45, 7) is 5.53. The number of halogens is 1. The minimum atomic E-state index is -0.295. The van der Waals surface area contributed by atoms with Crippen LogP contribution in [0, 0.1) is 11.7 Å². The molecule has 1 N–H and O–H groups in total. The molecule has 2 aromatic rings. The molecule has 0 atom stereocenters. The van der Waals surface area contributed by atoms with Crippen LogP contribution in [0.1, 0.15) is 35.3 Å². The second kappa shape index (κ2) is 9.18. The van der Waals surface area contributed by atoms with Gasteiger partial charge in [0, 0.05) is 24.3 Å². The number of hydrogen-bond donors (Lipinski definition) is 1. The van der Waals surface area contributed by atoms with Gasteiger partial charge in [0.2, 0.25) is 0 Å². The first kappa shape index (κ1) is 18.9. The molecule has 2 rings (SSSR count). The van der Waals surface area contributed by atoms with E-state index in [-0.39, 0.29) is 11.7 Å². The Balaban J connectivity index is 2.01. The van der Waals surface area contributed by atoms with E-state index in [9.17, 15) is 9.18 Å². The molecule has 0 saturated carbocycles. The van der Waals surface area contributed by atoms with Gasteiger partial charge in [0.1, 0.15) is 11.6 Å². The van der Waals surface area contributed by atoms with Crippen LogP contribution < -0.4 is 10.1 Å². The summed E-state index contributed by atoms with van der Waals surface area (Å²) < 4.78 is 23.9. The van der Waals surface area contributed by atoms with Crippen LogP contribution in [0.3, 0.4) is 0 Å². The molecule has 0 aromatic heterocycles. The molecule has 0 radical (unpaired) electrons. The fourth-order valence-electron chi connectivity index (χ4n) is 2.32. The van der Waals surface area contributed by atoms with Crippen LogP contribution in [-0.4, -0.2) is 19.6 Å². The number of carbonyl (C=O) groups is 1. The lowest BCUT2D eigenvalue weighted by Crippen LogP contribution is -2.23. The van der Waals surface area contributed by atoms with Gasteiger partial charge in [0.05, 0.1) is 13.7 Å². The van der Waals surface area contributed by atoms with Gasteiger partial charge in [0.25, 0.3) is 5.91 Å². The first-order chi connectivity index (χ1) is 12.0. The highest BCUT2D eigenvalue weighted by molar-refractivity contribution is 5.94. The van der Waals surface area contributed by atoms with E-state index in [2.05, 4.69) is 19.2 Å². The van der Waals surface area contributed by atoms with Crippen LogP contribution in [-0.2, 0) is 17.9 Å². The minimum Gasteiger partial charge on any atom is -0.496 e. The normalized spacial score (nSPS) is 10.8. The van der Waals surface area contributed by atoms with Gasteiger partial charge in [-0.25, -0.2) is 4.39 Å². The van der Waals surface area contributed by atoms with E-state index in [4.69, 9.17) is 9.47 Å². The molecular weight excluding hydrogens is 321 g/mol. The number of hydrogen-bond acceptors (Lipinski definition) is 3. The van der Waals surface area contributed by atoms with Gasteiger partial charge in [-0.1, -0.05) is 26.0 Å². The van der Waals surface area contributed by atoms with Gasteiger partial charge in [0.15, 0.2) is 0 Å². The fraction of sp³-hybridized carbons (Fsp3) is 0.350. The molecule has 0 bridgehead atoms. The van der Waals surface area contributed by atoms with Crippen LogP contribution in [0.5, 0.6) is 5.75 Å². The Morgan fingerprint density at radius 3 is 2.52 bits per heavy atom. The van der Waals surface area contributed by atoms with Crippen molar-refractivity contribution in [3.8, 4) is 5.75 Å². The van der Waals surface area contributed by atoms with Crippen molar-refractivity contribution in [2.75, 3.05) is 13.7 Å². The molecule has 0 heterocycles. The Hall–Kier alpha value is -2.40. The summed E-state index contributed by atoms with van der Waals surface area (Å²) in [5, 5.41) is 2.83. The maximum atomic E-state index is 12.9. The van der Waals surface area contributed by atoms with Crippen molar-refractivity contribution in [2.24, 2.45) is 5.92 Å². The molecule has 0 fully saturated rings. The molecule has 2 aromatic carbocycles. The average molecular weight is 345 g/mol. The number of carbonyl (C=O) groups excluding carboxylic acids is 1. The summed E-state index contributed by atoms with van der Waals surface area (Å²) in [4.78, 5) is 12.4. The van der Waals surface area contributed by atoms with Gasteiger partial charge in [-0.15, -0.1) is 0 Å². The van der Waals surface area contributed by atoms with Gasteiger partial charge in [-0.2, -0.15) is 0 Å². The minimum absolute atomic E-state index is 0.197. The van der Waals surface area contributed by atoms with Crippen molar-refractivity contribution in [2.45, 2.75) is 27.0 Å². The topological polar surface area (TPSA) is 47.6 Å². The molecule has 0 spiro atoms. The lowest BCUT2D eigenvalue weighted by molar-refractivity contribution is 0.0937. The molecular formula is C20H24FNO3. The second-order valence-electron chi connectivity index (χ2n) is 6.24. The molecule has 134 valence electrons. The number of ether oxygens (including phenoxy) is 2. The zero-order valence-electron chi connectivity index (χ0n) is 14.8. The molecule has 0 saturated heterocycles. The van der Waals surface area contributed by atoms with E-state index in [1.165, 1.54) is 12.1 Å². The first-order valence-corrected chi connectivity index (χ1v) is 8.27. The number of nitrogens with one attached hydrogen (secondary N) is 1. The van der Waals surface area contributed by atoms with Gasteiger partial charge in [-0.05, 0) is 41.8 Å². The molecule has 1 amide bonds. The van der Waals surface area contributed by atoms with Crippen LogP contribution >= 0.6 is 0 Å². The Labute approximate surface area is 148 Å². The summed E-state index contributed by atoms with van der Waals surface area (Å²) in [5.74, 6) is 0.639. The predicted octanol–water partition coefficient (Wildman–Crippen LogP) is 3.94. The largest absolute Gasteiger partial charge is 0.496 e. The predicted molar refractivity (Wildman–Crippen MR) is 95.1 cm³/mol. The van der Waals surface area contributed by atoms with E-state index in [0.717, 1.165) is 11.1 Å². The SMILES string of the molecule is COc1ccc(C(=O)NCc2ccc(F)cc2)cc1COCC(C)C. The third-order valence-corrected chi connectivity index (χ3v) is 3.62. The second-order valence-corrected chi connectivity index (χ2v) is 6.24. The van der Waals surface area contributed by atoms with Crippen LogP contribution in [0.15, 0.2) is 42.5 Å². The lowest BCUT2D eigenvalue weighted by Gasteiger charge is -2.12.